The van der Waals surface area contributed by atoms with Crippen LogP contribution in [0.1, 0.15) is 16.1 Å². The molecule has 2 aromatic heterocycles. The number of benzene rings is 1. The Balaban J connectivity index is 1.16. The molecular weight excluding hydrogens is 406 g/mol. The molecular formula is C21H19N3O5S. The van der Waals surface area contributed by atoms with Gasteiger partial charge >= 0.3 is 0 Å². The van der Waals surface area contributed by atoms with E-state index in [1.807, 2.05) is 17.5 Å². The predicted octanol–water partition coefficient (Wildman–Crippen LogP) is 2.66. The Morgan fingerprint density at radius 3 is 2.63 bits per heavy atom. The van der Waals surface area contributed by atoms with E-state index in [0.717, 1.165) is 10.7 Å². The molecule has 3 aromatic rings. The molecule has 0 bridgehead atoms. The van der Waals surface area contributed by atoms with Gasteiger partial charge in [-0.3, -0.25) is 9.59 Å². The molecule has 0 aliphatic carbocycles. The summed E-state index contributed by atoms with van der Waals surface area (Å²) in [4.78, 5) is 33.5. The average molecular weight is 425 g/mol. The molecule has 8 nitrogen and oxygen atoms in total. The smallest absolute Gasteiger partial charge is 0.254 e. The first kappa shape index (κ1) is 18.7. The zero-order chi connectivity index (χ0) is 20.5. The maximum atomic E-state index is 12.8. The van der Waals surface area contributed by atoms with Crippen LogP contribution in [0, 0.1) is 0 Å². The van der Waals surface area contributed by atoms with E-state index < -0.39 is 0 Å². The van der Waals surface area contributed by atoms with E-state index in [1.54, 1.807) is 34.3 Å². The lowest BCUT2D eigenvalue weighted by Crippen LogP contribution is -2.51. The lowest BCUT2D eigenvalue weighted by molar-refractivity contribution is -0.132. The van der Waals surface area contributed by atoms with Crippen LogP contribution in [0.25, 0.3) is 10.8 Å². The molecule has 30 heavy (non-hydrogen) atoms. The standard InChI is InChI=1S/C21H19N3O5S/c25-19(11-15-12-30-20(22-15)17-2-1-9-27-17)23-5-7-24(8-6-23)21(26)14-3-4-16-18(10-14)29-13-28-16/h1-4,9-10,12H,5-8,11,13H2. The van der Waals surface area contributed by atoms with Crippen molar-refractivity contribution >= 4 is 23.2 Å². The van der Waals surface area contributed by atoms with Crippen molar-refractivity contribution in [2.75, 3.05) is 33.0 Å². The molecule has 0 atom stereocenters. The molecule has 2 aliphatic heterocycles. The molecule has 4 heterocycles. The molecule has 2 amide bonds. The van der Waals surface area contributed by atoms with E-state index in [4.69, 9.17) is 13.9 Å². The second kappa shape index (κ2) is 7.83. The highest BCUT2D eigenvalue weighted by Gasteiger charge is 2.26. The van der Waals surface area contributed by atoms with E-state index >= 15 is 0 Å². The van der Waals surface area contributed by atoms with E-state index in [0.29, 0.717) is 49.0 Å². The number of hydrogen-bond acceptors (Lipinski definition) is 7. The van der Waals surface area contributed by atoms with Gasteiger partial charge < -0.3 is 23.7 Å². The van der Waals surface area contributed by atoms with Crippen LogP contribution in [0.4, 0.5) is 0 Å². The number of aromatic nitrogens is 1. The van der Waals surface area contributed by atoms with Gasteiger partial charge in [0, 0.05) is 37.1 Å². The third-order valence-electron chi connectivity index (χ3n) is 5.16. The minimum Gasteiger partial charge on any atom is -0.462 e. The zero-order valence-electron chi connectivity index (χ0n) is 16.1. The van der Waals surface area contributed by atoms with Crippen LogP contribution in [0.3, 0.4) is 0 Å². The van der Waals surface area contributed by atoms with Crippen molar-refractivity contribution < 1.29 is 23.5 Å². The quantitative estimate of drug-likeness (QED) is 0.639. The summed E-state index contributed by atoms with van der Waals surface area (Å²) in [6.07, 6.45) is 1.85. The number of piperazine rings is 1. The molecule has 1 aromatic carbocycles. The maximum absolute atomic E-state index is 12.8. The molecule has 0 radical (unpaired) electrons. The summed E-state index contributed by atoms with van der Waals surface area (Å²) in [5.74, 6) is 1.89. The summed E-state index contributed by atoms with van der Waals surface area (Å²) in [6.45, 7) is 2.17. The highest BCUT2D eigenvalue weighted by molar-refractivity contribution is 7.13. The van der Waals surface area contributed by atoms with Crippen LogP contribution in [-0.2, 0) is 11.2 Å². The van der Waals surface area contributed by atoms with Crippen molar-refractivity contribution in [2.45, 2.75) is 6.42 Å². The topological polar surface area (TPSA) is 85.1 Å². The largest absolute Gasteiger partial charge is 0.462 e. The summed E-state index contributed by atoms with van der Waals surface area (Å²) in [5, 5.41) is 2.65. The van der Waals surface area contributed by atoms with E-state index in [9.17, 15) is 9.59 Å². The number of rotatable bonds is 4. The van der Waals surface area contributed by atoms with Crippen molar-refractivity contribution in [1.82, 2.24) is 14.8 Å². The molecule has 2 aliphatic rings. The Morgan fingerprint density at radius 1 is 1.03 bits per heavy atom. The minimum atomic E-state index is -0.0667. The summed E-state index contributed by atoms with van der Waals surface area (Å²) < 4.78 is 16.0. The fourth-order valence-electron chi connectivity index (χ4n) is 3.54. The van der Waals surface area contributed by atoms with Crippen LogP contribution >= 0.6 is 11.3 Å². The van der Waals surface area contributed by atoms with Crippen LogP contribution in [0.5, 0.6) is 11.5 Å². The zero-order valence-corrected chi connectivity index (χ0v) is 16.9. The monoisotopic (exact) mass is 425 g/mol. The first-order chi connectivity index (χ1) is 14.7. The highest BCUT2D eigenvalue weighted by Crippen LogP contribution is 2.33. The highest BCUT2D eigenvalue weighted by atomic mass is 32.1. The molecule has 9 heteroatoms. The molecule has 1 fully saturated rings. The third kappa shape index (κ3) is 3.63. The number of carbonyl (C=O) groups excluding carboxylic acids is 2. The van der Waals surface area contributed by atoms with Crippen molar-refractivity contribution in [1.29, 1.82) is 0 Å². The van der Waals surface area contributed by atoms with Gasteiger partial charge in [0.25, 0.3) is 5.91 Å². The fraction of sp³-hybridized carbons (Fsp3) is 0.286. The van der Waals surface area contributed by atoms with Crippen LogP contribution < -0.4 is 9.47 Å². The Hall–Kier alpha value is -3.33. The molecule has 0 unspecified atom stereocenters. The van der Waals surface area contributed by atoms with Crippen molar-refractivity contribution in [3.8, 4) is 22.3 Å². The SMILES string of the molecule is O=C(Cc1csc(-c2ccco2)n1)N1CCN(C(=O)c2ccc3c(c2)OCO3)CC1. The van der Waals surface area contributed by atoms with Gasteiger partial charge in [0.15, 0.2) is 22.3 Å². The fourth-order valence-corrected chi connectivity index (χ4v) is 4.33. The van der Waals surface area contributed by atoms with Crippen molar-refractivity contribution in [3.05, 3.63) is 53.2 Å². The number of ether oxygens (including phenoxy) is 2. The van der Waals surface area contributed by atoms with Gasteiger partial charge in [-0.05, 0) is 30.3 Å². The van der Waals surface area contributed by atoms with Crippen LogP contribution in [0.15, 0.2) is 46.4 Å². The van der Waals surface area contributed by atoms with Gasteiger partial charge in [-0.1, -0.05) is 0 Å². The predicted molar refractivity (Wildman–Crippen MR) is 109 cm³/mol. The second-order valence-electron chi connectivity index (χ2n) is 7.04. The van der Waals surface area contributed by atoms with E-state index in [2.05, 4.69) is 4.98 Å². The first-order valence-electron chi connectivity index (χ1n) is 9.62. The number of thiazole rings is 1. The number of hydrogen-bond donors (Lipinski definition) is 0. The van der Waals surface area contributed by atoms with Crippen LogP contribution in [0.2, 0.25) is 0 Å². The molecule has 0 N–H and O–H groups in total. The lowest BCUT2D eigenvalue weighted by Gasteiger charge is -2.34. The summed E-state index contributed by atoms with van der Waals surface area (Å²) in [7, 11) is 0. The Bertz CT molecular complexity index is 1070. The van der Waals surface area contributed by atoms with E-state index in [1.165, 1.54) is 11.3 Å². The van der Waals surface area contributed by atoms with Crippen LogP contribution in [-0.4, -0.2) is 59.6 Å². The summed E-state index contributed by atoms with van der Waals surface area (Å²) in [5.41, 5.74) is 1.29. The summed E-state index contributed by atoms with van der Waals surface area (Å²) in [6, 6.07) is 8.86. The van der Waals surface area contributed by atoms with Gasteiger partial charge in [-0.15, -0.1) is 11.3 Å². The normalized spacial score (nSPS) is 15.5. The first-order valence-corrected chi connectivity index (χ1v) is 10.5. The van der Waals surface area contributed by atoms with Crippen molar-refractivity contribution in [2.24, 2.45) is 0 Å². The Morgan fingerprint density at radius 2 is 1.83 bits per heavy atom. The minimum absolute atomic E-state index is 0.0153. The average Bonchev–Trinajstić information content (AvgIpc) is 3.54. The number of nitrogens with zero attached hydrogens (tertiary/aromatic N) is 3. The third-order valence-corrected chi connectivity index (χ3v) is 6.06. The van der Waals surface area contributed by atoms with Crippen molar-refractivity contribution in [3.63, 3.8) is 0 Å². The van der Waals surface area contributed by atoms with Gasteiger partial charge in [0.1, 0.15) is 0 Å². The second-order valence-corrected chi connectivity index (χ2v) is 7.90. The number of furan rings is 1. The van der Waals surface area contributed by atoms with Gasteiger partial charge in [-0.25, -0.2) is 4.98 Å². The maximum Gasteiger partial charge on any atom is 0.254 e. The van der Waals surface area contributed by atoms with Gasteiger partial charge in [-0.2, -0.15) is 0 Å². The summed E-state index contributed by atoms with van der Waals surface area (Å²) >= 11 is 1.46. The van der Waals surface area contributed by atoms with Gasteiger partial charge in [0.2, 0.25) is 12.7 Å². The Labute approximate surface area is 176 Å². The molecule has 0 saturated carbocycles. The van der Waals surface area contributed by atoms with E-state index in [-0.39, 0.29) is 25.0 Å². The number of fused-ring (bicyclic) bond motifs is 1. The number of amides is 2. The molecule has 1 saturated heterocycles. The molecule has 154 valence electrons. The molecule has 0 spiro atoms. The number of carbonyl (C=O) groups is 2. The lowest BCUT2D eigenvalue weighted by atomic mass is 10.1. The van der Waals surface area contributed by atoms with Gasteiger partial charge in [0.05, 0.1) is 18.4 Å². The Kier molecular flexibility index (Phi) is 4.88. The molecule has 5 rings (SSSR count).